The van der Waals surface area contributed by atoms with Gasteiger partial charge in [0.15, 0.2) is 0 Å². The highest BCUT2D eigenvalue weighted by Gasteiger charge is 2.25. The van der Waals surface area contributed by atoms with Crippen LogP contribution in [0.15, 0.2) is 24.3 Å². The molecule has 1 unspecified atom stereocenters. The topological polar surface area (TPSA) is 3.24 Å². The van der Waals surface area contributed by atoms with Crippen molar-refractivity contribution < 1.29 is 4.39 Å². The first-order valence-corrected chi connectivity index (χ1v) is 4.23. The van der Waals surface area contributed by atoms with Gasteiger partial charge in [-0.15, -0.1) is 0 Å². The molecule has 1 nitrogen and oxygen atoms in total. The minimum atomic E-state index is -0.152. The Labute approximate surface area is 71.8 Å². The minimum Gasteiger partial charge on any atom is -0.299 e. The molecule has 0 radical (unpaired) electrons. The standard InChI is InChI=1S/C10H12FN/c1-12-7-6-10(12)8-2-4-9(11)5-3-8/h2-5,10H,6-7H2,1H3. The molecule has 1 aromatic rings. The van der Waals surface area contributed by atoms with Crippen LogP contribution in [0.5, 0.6) is 0 Å². The Kier molecular flexibility index (Phi) is 1.85. The van der Waals surface area contributed by atoms with Gasteiger partial charge in [0.2, 0.25) is 0 Å². The fraction of sp³-hybridized carbons (Fsp3) is 0.400. The molecule has 0 N–H and O–H groups in total. The van der Waals surface area contributed by atoms with Gasteiger partial charge in [0.1, 0.15) is 5.82 Å². The van der Waals surface area contributed by atoms with E-state index < -0.39 is 0 Å². The SMILES string of the molecule is CN1CCC1c1ccc(F)cc1. The van der Waals surface area contributed by atoms with Crippen molar-refractivity contribution in [1.82, 2.24) is 4.90 Å². The van der Waals surface area contributed by atoms with Crippen molar-refractivity contribution in [3.05, 3.63) is 35.6 Å². The van der Waals surface area contributed by atoms with Crippen LogP contribution in [0.25, 0.3) is 0 Å². The molecule has 2 rings (SSSR count). The summed E-state index contributed by atoms with van der Waals surface area (Å²) in [5.41, 5.74) is 1.23. The zero-order valence-corrected chi connectivity index (χ0v) is 7.13. The molecular weight excluding hydrogens is 153 g/mol. The Hall–Kier alpha value is -0.890. The summed E-state index contributed by atoms with van der Waals surface area (Å²) in [7, 11) is 2.09. The van der Waals surface area contributed by atoms with Gasteiger partial charge in [0, 0.05) is 12.6 Å². The molecule has 1 saturated heterocycles. The van der Waals surface area contributed by atoms with Crippen molar-refractivity contribution in [2.45, 2.75) is 12.5 Å². The lowest BCUT2D eigenvalue weighted by molar-refractivity contribution is 0.128. The number of nitrogens with zero attached hydrogens (tertiary/aromatic N) is 1. The van der Waals surface area contributed by atoms with Gasteiger partial charge in [-0.25, -0.2) is 4.39 Å². The van der Waals surface area contributed by atoms with Gasteiger partial charge in [-0.05, 0) is 31.2 Å². The third-order valence-electron chi connectivity index (χ3n) is 2.54. The molecule has 0 saturated carbocycles. The molecule has 1 aromatic carbocycles. The number of benzene rings is 1. The summed E-state index contributed by atoms with van der Waals surface area (Å²) < 4.78 is 12.6. The summed E-state index contributed by atoms with van der Waals surface area (Å²) in [6.07, 6.45) is 1.20. The maximum Gasteiger partial charge on any atom is 0.123 e. The van der Waals surface area contributed by atoms with Gasteiger partial charge in [0.25, 0.3) is 0 Å². The molecule has 0 aliphatic carbocycles. The Balaban J connectivity index is 2.18. The number of halogens is 1. The second-order valence-electron chi connectivity index (χ2n) is 3.34. The highest BCUT2D eigenvalue weighted by molar-refractivity contribution is 5.21. The van der Waals surface area contributed by atoms with Gasteiger partial charge in [-0.3, -0.25) is 4.90 Å². The lowest BCUT2D eigenvalue weighted by atomic mass is 9.96. The molecule has 0 bridgehead atoms. The summed E-state index contributed by atoms with van der Waals surface area (Å²) in [5.74, 6) is -0.152. The molecule has 1 aliphatic heterocycles. The highest BCUT2D eigenvalue weighted by Crippen LogP contribution is 2.30. The van der Waals surface area contributed by atoms with Gasteiger partial charge in [-0.2, -0.15) is 0 Å². The second kappa shape index (κ2) is 2.87. The minimum absolute atomic E-state index is 0.152. The molecule has 2 heteroatoms. The van der Waals surface area contributed by atoms with E-state index >= 15 is 0 Å². The molecular formula is C10H12FN. The summed E-state index contributed by atoms with van der Waals surface area (Å²) in [6.45, 7) is 1.15. The number of hydrogen-bond acceptors (Lipinski definition) is 1. The van der Waals surface area contributed by atoms with Gasteiger partial charge >= 0.3 is 0 Å². The predicted molar refractivity (Wildman–Crippen MR) is 46.4 cm³/mol. The van der Waals surface area contributed by atoms with E-state index in [9.17, 15) is 4.39 Å². The molecule has 0 amide bonds. The van der Waals surface area contributed by atoms with Crippen molar-refractivity contribution >= 4 is 0 Å². The lowest BCUT2D eigenvalue weighted by Gasteiger charge is -2.38. The molecule has 1 fully saturated rings. The van der Waals surface area contributed by atoms with E-state index in [0.717, 1.165) is 6.54 Å². The second-order valence-corrected chi connectivity index (χ2v) is 3.34. The van der Waals surface area contributed by atoms with E-state index in [1.165, 1.54) is 24.1 Å². The van der Waals surface area contributed by atoms with Crippen LogP contribution in [-0.2, 0) is 0 Å². The van der Waals surface area contributed by atoms with Crippen molar-refractivity contribution in [3.8, 4) is 0 Å². The first kappa shape index (κ1) is 7.74. The van der Waals surface area contributed by atoms with Crippen LogP contribution in [0.1, 0.15) is 18.0 Å². The normalized spacial score (nSPS) is 23.7. The van der Waals surface area contributed by atoms with Crippen LogP contribution < -0.4 is 0 Å². The van der Waals surface area contributed by atoms with Crippen LogP contribution in [0.4, 0.5) is 4.39 Å². The molecule has 1 atom stereocenters. The average molecular weight is 165 g/mol. The van der Waals surface area contributed by atoms with E-state index in [-0.39, 0.29) is 5.82 Å². The van der Waals surface area contributed by atoms with Crippen LogP contribution in [0, 0.1) is 5.82 Å². The number of rotatable bonds is 1. The highest BCUT2D eigenvalue weighted by atomic mass is 19.1. The number of likely N-dealkylation sites (tertiary alicyclic amines) is 1. The van der Waals surface area contributed by atoms with Crippen molar-refractivity contribution in [2.24, 2.45) is 0 Å². The molecule has 64 valence electrons. The van der Waals surface area contributed by atoms with Crippen LogP contribution in [0.2, 0.25) is 0 Å². The largest absolute Gasteiger partial charge is 0.299 e. The molecule has 0 aromatic heterocycles. The fourth-order valence-electron chi connectivity index (χ4n) is 1.62. The van der Waals surface area contributed by atoms with Crippen LogP contribution >= 0.6 is 0 Å². The zero-order valence-electron chi connectivity index (χ0n) is 7.13. The maximum atomic E-state index is 12.6. The Morgan fingerprint density at radius 1 is 1.33 bits per heavy atom. The zero-order chi connectivity index (χ0) is 8.55. The van der Waals surface area contributed by atoms with Crippen molar-refractivity contribution in [1.29, 1.82) is 0 Å². The molecule has 1 heterocycles. The average Bonchev–Trinajstić information content (AvgIpc) is 2.06. The summed E-state index contributed by atoms with van der Waals surface area (Å²) in [4.78, 5) is 2.27. The maximum absolute atomic E-state index is 12.6. The lowest BCUT2D eigenvalue weighted by Crippen LogP contribution is -2.37. The fourth-order valence-corrected chi connectivity index (χ4v) is 1.62. The third kappa shape index (κ3) is 1.23. The molecule has 12 heavy (non-hydrogen) atoms. The van der Waals surface area contributed by atoms with E-state index in [1.807, 2.05) is 12.1 Å². The van der Waals surface area contributed by atoms with Gasteiger partial charge in [-0.1, -0.05) is 12.1 Å². The van der Waals surface area contributed by atoms with E-state index in [1.54, 1.807) is 0 Å². The van der Waals surface area contributed by atoms with E-state index in [4.69, 9.17) is 0 Å². The van der Waals surface area contributed by atoms with Gasteiger partial charge in [0.05, 0.1) is 0 Å². The predicted octanol–water partition coefficient (Wildman–Crippen LogP) is 2.20. The Morgan fingerprint density at radius 2 is 2.00 bits per heavy atom. The molecule has 0 spiro atoms. The third-order valence-corrected chi connectivity index (χ3v) is 2.54. The van der Waals surface area contributed by atoms with Gasteiger partial charge < -0.3 is 0 Å². The van der Waals surface area contributed by atoms with Crippen LogP contribution in [-0.4, -0.2) is 18.5 Å². The first-order valence-electron chi connectivity index (χ1n) is 4.23. The van der Waals surface area contributed by atoms with Crippen LogP contribution in [0.3, 0.4) is 0 Å². The smallest absolute Gasteiger partial charge is 0.123 e. The summed E-state index contributed by atoms with van der Waals surface area (Å²) in [6, 6.07) is 7.32. The Morgan fingerprint density at radius 3 is 2.42 bits per heavy atom. The van der Waals surface area contributed by atoms with E-state index in [0.29, 0.717) is 6.04 Å². The first-order chi connectivity index (χ1) is 5.77. The van der Waals surface area contributed by atoms with Crippen molar-refractivity contribution in [2.75, 3.05) is 13.6 Å². The Bertz CT molecular complexity index is 268. The monoisotopic (exact) mass is 165 g/mol. The van der Waals surface area contributed by atoms with E-state index in [2.05, 4.69) is 11.9 Å². The summed E-state index contributed by atoms with van der Waals surface area (Å²) in [5, 5.41) is 0. The quantitative estimate of drug-likeness (QED) is 0.616. The summed E-state index contributed by atoms with van der Waals surface area (Å²) >= 11 is 0. The molecule has 1 aliphatic rings. The van der Waals surface area contributed by atoms with Crippen molar-refractivity contribution in [3.63, 3.8) is 0 Å². The number of hydrogen-bond donors (Lipinski definition) is 0.